The van der Waals surface area contributed by atoms with E-state index in [4.69, 9.17) is 14.2 Å². The van der Waals surface area contributed by atoms with Gasteiger partial charge in [-0.1, -0.05) is 13.8 Å². The number of hydrogen-bond donors (Lipinski definition) is 0. The van der Waals surface area contributed by atoms with Crippen molar-refractivity contribution >= 4 is 5.97 Å². The van der Waals surface area contributed by atoms with Crippen molar-refractivity contribution < 1.29 is 19.0 Å². The summed E-state index contributed by atoms with van der Waals surface area (Å²) in [4.78, 5) is 11.3. The summed E-state index contributed by atoms with van der Waals surface area (Å²) in [6.07, 6.45) is -0.123. The Labute approximate surface area is 98.3 Å². The second kappa shape index (κ2) is 8.53. The van der Waals surface area contributed by atoms with E-state index in [1.165, 1.54) is 0 Å². The van der Waals surface area contributed by atoms with Crippen LogP contribution in [0.25, 0.3) is 0 Å². The van der Waals surface area contributed by atoms with Crippen LogP contribution in [0.3, 0.4) is 0 Å². The highest BCUT2D eigenvalue weighted by Gasteiger charge is 2.13. The van der Waals surface area contributed by atoms with Crippen LogP contribution in [0, 0.1) is 5.92 Å². The van der Waals surface area contributed by atoms with E-state index in [1.807, 2.05) is 34.6 Å². The zero-order chi connectivity index (χ0) is 12.6. The minimum atomic E-state index is -0.205. The van der Waals surface area contributed by atoms with E-state index in [1.54, 1.807) is 0 Å². The van der Waals surface area contributed by atoms with E-state index in [2.05, 4.69) is 0 Å². The van der Waals surface area contributed by atoms with E-state index in [0.717, 1.165) is 0 Å². The molecule has 0 saturated heterocycles. The maximum absolute atomic E-state index is 11.3. The molecule has 0 bridgehead atoms. The molecule has 4 heteroatoms. The molecule has 2 atom stereocenters. The fourth-order valence-corrected chi connectivity index (χ4v) is 1.10. The lowest BCUT2D eigenvalue weighted by molar-refractivity contribution is -0.155. The smallest absolute Gasteiger partial charge is 0.308 e. The third kappa shape index (κ3) is 7.65. The van der Waals surface area contributed by atoms with Gasteiger partial charge in [-0.25, -0.2) is 0 Å². The molecule has 0 amide bonds. The van der Waals surface area contributed by atoms with Gasteiger partial charge in [0.05, 0.1) is 25.2 Å². The van der Waals surface area contributed by atoms with Gasteiger partial charge < -0.3 is 14.2 Å². The lowest BCUT2D eigenvalue weighted by atomic mass is 10.2. The summed E-state index contributed by atoms with van der Waals surface area (Å²) in [5.41, 5.74) is 0. The highest BCUT2D eigenvalue weighted by Crippen LogP contribution is 2.01. The average Bonchev–Trinajstić information content (AvgIpc) is 2.17. The largest absolute Gasteiger partial charge is 0.460 e. The Morgan fingerprint density at radius 3 is 2.12 bits per heavy atom. The molecule has 0 saturated carbocycles. The molecule has 0 aliphatic carbocycles. The monoisotopic (exact) mass is 232 g/mol. The first-order chi connectivity index (χ1) is 7.47. The fourth-order valence-electron chi connectivity index (χ4n) is 1.10. The van der Waals surface area contributed by atoms with Crippen molar-refractivity contribution in [3.05, 3.63) is 0 Å². The van der Waals surface area contributed by atoms with Crippen LogP contribution >= 0.6 is 0 Å². The number of carbonyl (C=O) groups is 1. The molecule has 0 heterocycles. The van der Waals surface area contributed by atoms with Gasteiger partial charge in [0, 0.05) is 6.61 Å². The van der Waals surface area contributed by atoms with Gasteiger partial charge in [-0.05, 0) is 20.8 Å². The van der Waals surface area contributed by atoms with E-state index < -0.39 is 0 Å². The Kier molecular flexibility index (Phi) is 8.21. The van der Waals surface area contributed by atoms with Crippen LogP contribution in [0.15, 0.2) is 0 Å². The third-order valence-electron chi connectivity index (χ3n) is 1.95. The van der Waals surface area contributed by atoms with Crippen LogP contribution in [0.2, 0.25) is 0 Å². The topological polar surface area (TPSA) is 44.8 Å². The molecule has 0 aromatic carbocycles. The summed E-state index contributed by atoms with van der Waals surface area (Å²) < 4.78 is 15.8. The van der Waals surface area contributed by atoms with E-state index in [-0.39, 0.29) is 24.1 Å². The highest BCUT2D eigenvalue weighted by molar-refractivity contribution is 5.71. The predicted molar refractivity (Wildman–Crippen MR) is 62.3 cm³/mol. The van der Waals surface area contributed by atoms with Crippen molar-refractivity contribution in [3.8, 4) is 0 Å². The van der Waals surface area contributed by atoms with Crippen molar-refractivity contribution in [1.29, 1.82) is 0 Å². The molecule has 0 N–H and O–H groups in total. The Balaban J connectivity index is 3.58. The van der Waals surface area contributed by atoms with Gasteiger partial charge in [-0.3, -0.25) is 4.79 Å². The van der Waals surface area contributed by atoms with Crippen molar-refractivity contribution in [1.82, 2.24) is 0 Å². The molecule has 0 rings (SSSR count). The number of ether oxygens (including phenoxy) is 3. The average molecular weight is 232 g/mol. The van der Waals surface area contributed by atoms with Crippen molar-refractivity contribution in [2.45, 2.75) is 46.8 Å². The molecule has 96 valence electrons. The van der Waals surface area contributed by atoms with Crippen LogP contribution in [0.4, 0.5) is 0 Å². The number of rotatable bonds is 8. The van der Waals surface area contributed by atoms with Gasteiger partial charge >= 0.3 is 5.97 Å². The molecular formula is C12H24O4. The van der Waals surface area contributed by atoms with Crippen molar-refractivity contribution in [3.63, 3.8) is 0 Å². The molecule has 0 aliphatic rings. The van der Waals surface area contributed by atoms with Gasteiger partial charge in [0.25, 0.3) is 0 Å². The van der Waals surface area contributed by atoms with Crippen molar-refractivity contribution in [2.75, 3.05) is 19.8 Å². The third-order valence-corrected chi connectivity index (χ3v) is 1.95. The molecule has 0 radical (unpaired) electrons. The number of esters is 1. The summed E-state index contributed by atoms with van der Waals surface area (Å²) in [6.45, 7) is 11.0. The van der Waals surface area contributed by atoms with Gasteiger partial charge in [-0.15, -0.1) is 0 Å². The Morgan fingerprint density at radius 2 is 1.62 bits per heavy atom. The van der Waals surface area contributed by atoms with Crippen LogP contribution in [-0.2, 0) is 19.0 Å². The second-order valence-corrected chi connectivity index (χ2v) is 4.21. The number of carbonyl (C=O) groups excluding carboxylic acids is 1. The highest BCUT2D eigenvalue weighted by atomic mass is 16.6. The molecule has 0 aromatic rings. The standard InChI is InChI=1S/C12H24O4/c1-6-15-10(4)7-14-8-11(5)16-12(13)9(2)3/h9-11H,6-8H2,1-5H3. The SMILES string of the molecule is CCOC(C)COCC(C)OC(=O)C(C)C. The quantitative estimate of drug-likeness (QED) is 0.601. The summed E-state index contributed by atoms with van der Waals surface area (Å²) in [6, 6.07) is 0. The zero-order valence-corrected chi connectivity index (χ0v) is 11.0. The summed E-state index contributed by atoms with van der Waals surface area (Å²) in [5, 5.41) is 0. The first kappa shape index (κ1) is 15.4. The van der Waals surface area contributed by atoms with E-state index >= 15 is 0 Å². The molecule has 0 spiro atoms. The van der Waals surface area contributed by atoms with Crippen molar-refractivity contribution in [2.24, 2.45) is 5.92 Å². The zero-order valence-electron chi connectivity index (χ0n) is 11.0. The van der Waals surface area contributed by atoms with Crippen LogP contribution in [0.5, 0.6) is 0 Å². The minimum Gasteiger partial charge on any atom is -0.460 e. The molecule has 16 heavy (non-hydrogen) atoms. The Hall–Kier alpha value is -0.610. The Morgan fingerprint density at radius 1 is 1.06 bits per heavy atom. The summed E-state index contributed by atoms with van der Waals surface area (Å²) >= 11 is 0. The second-order valence-electron chi connectivity index (χ2n) is 4.21. The molecule has 0 fully saturated rings. The normalized spacial score (nSPS) is 14.9. The lowest BCUT2D eigenvalue weighted by Gasteiger charge is -2.17. The molecule has 0 aliphatic heterocycles. The molecule has 0 aromatic heterocycles. The number of hydrogen-bond acceptors (Lipinski definition) is 4. The van der Waals surface area contributed by atoms with Gasteiger partial charge in [0.1, 0.15) is 6.10 Å². The predicted octanol–water partition coefficient (Wildman–Crippen LogP) is 2.02. The summed E-state index contributed by atoms with van der Waals surface area (Å²) in [5.74, 6) is -0.279. The first-order valence-electron chi connectivity index (χ1n) is 5.87. The van der Waals surface area contributed by atoms with Crippen LogP contribution in [-0.4, -0.2) is 38.0 Å². The van der Waals surface area contributed by atoms with Crippen LogP contribution in [0.1, 0.15) is 34.6 Å². The summed E-state index contributed by atoms with van der Waals surface area (Å²) in [7, 11) is 0. The lowest BCUT2D eigenvalue weighted by Crippen LogP contribution is -2.25. The van der Waals surface area contributed by atoms with Crippen LogP contribution < -0.4 is 0 Å². The van der Waals surface area contributed by atoms with Gasteiger partial charge in [-0.2, -0.15) is 0 Å². The maximum atomic E-state index is 11.3. The first-order valence-corrected chi connectivity index (χ1v) is 5.87. The minimum absolute atomic E-state index is 0.0815. The molecule has 4 nitrogen and oxygen atoms in total. The van der Waals surface area contributed by atoms with E-state index in [9.17, 15) is 4.79 Å². The van der Waals surface area contributed by atoms with E-state index in [0.29, 0.717) is 19.8 Å². The maximum Gasteiger partial charge on any atom is 0.308 e. The molecular weight excluding hydrogens is 208 g/mol. The Bertz CT molecular complexity index is 191. The molecule has 2 unspecified atom stereocenters. The van der Waals surface area contributed by atoms with Gasteiger partial charge in [0.15, 0.2) is 0 Å². The van der Waals surface area contributed by atoms with Gasteiger partial charge in [0.2, 0.25) is 0 Å². The fraction of sp³-hybridized carbons (Fsp3) is 0.917.